The predicted octanol–water partition coefficient (Wildman–Crippen LogP) is 1.55. The lowest BCUT2D eigenvalue weighted by Crippen LogP contribution is -2.15. The Bertz CT molecular complexity index is 355. The Morgan fingerprint density at radius 2 is 2.40 bits per heavy atom. The highest BCUT2D eigenvalue weighted by molar-refractivity contribution is 5.87. The van der Waals surface area contributed by atoms with Crippen LogP contribution in [0, 0.1) is 0 Å². The van der Waals surface area contributed by atoms with Gasteiger partial charge in [0.05, 0.1) is 18.8 Å². The number of ether oxygens (including phenoxy) is 2. The largest absolute Gasteiger partial charge is 0.488 e. The first kappa shape index (κ1) is 9.98. The fourth-order valence-electron chi connectivity index (χ4n) is 1.50. The summed E-state index contributed by atoms with van der Waals surface area (Å²) in [4.78, 5) is 10.7. The maximum absolute atomic E-state index is 10.7. The highest BCUT2D eigenvalue weighted by Crippen LogP contribution is 2.18. The number of benzene rings is 1. The second-order valence-corrected chi connectivity index (χ2v) is 3.44. The lowest BCUT2D eigenvalue weighted by atomic mass is 10.2. The average Bonchev–Trinajstić information content (AvgIpc) is 2.71. The second kappa shape index (κ2) is 4.31. The molecule has 1 saturated heterocycles. The summed E-state index contributed by atoms with van der Waals surface area (Å²) in [6.07, 6.45) is 0.908. The van der Waals surface area contributed by atoms with Crippen LogP contribution in [0.5, 0.6) is 5.75 Å². The standard InChI is InChI=1S/C11H12O4/c12-11(13)8-2-1-3-9(6-8)15-10-4-5-14-7-10/h1-3,6,10H,4-5,7H2,(H,12,13)/t10-/m1/s1. The number of hydrogen-bond acceptors (Lipinski definition) is 3. The van der Waals surface area contributed by atoms with Gasteiger partial charge in [0.2, 0.25) is 0 Å². The normalized spacial score (nSPS) is 20.1. The zero-order chi connectivity index (χ0) is 10.7. The molecular formula is C11H12O4. The van der Waals surface area contributed by atoms with Gasteiger partial charge < -0.3 is 14.6 Å². The van der Waals surface area contributed by atoms with Crippen molar-refractivity contribution in [3.8, 4) is 5.75 Å². The molecule has 1 aliphatic heterocycles. The number of carboxylic acid groups (broad SMARTS) is 1. The minimum absolute atomic E-state index is 0.0500. The third-order valence-corrected chi connectivity index (χ3v) is 2.27. The monoisotopic (exact) mass is 208 g/mol. The topological polar surface area (TPSA) is 55.8 Å². The molecule has 0 amide bonds. The molecule has 15 heavy (non-hydrogen) atoms. The maximum Gasteiger partial charge on any atom is 0.335 e. The van der Waals surface area contributed by atoms with E-state index in [-0.39, 0.29) is 11.7 Å². The average molecular weight is 208 g/mol. The van der Waals surface area contributed by atoms with Crippen molar-refractivity contribution in [2.24, 2.45) is 0 Å². The van der Waals surface area contributed by atoms with Crippen LogP contribution in [0.2, 0.25) is 0 Å². The van der Waals surface area contributed by atoms with Crippen molar-refractivity contribution < 1.29 is 19.4 Å². The van der Waals surface area contributed by atoms with Gasteiger partial charge in [0.1, 0.15) is 11.9 Å². The van der Waals surface area contributed by atoms with Gasteiger partial charge >= 0.3 is 5.97 Å². The van der Waals surface area contributed by atoms with Crippen molar-refractivity contribution in [3.63, 3.8) is 0 Å². The summed E-state index contributed by atoms with van der Waals surface area (Å²) in [6.45, 7) is 1.29. The van der Waals surface area contributed by atoms with Crippen LogP contribution in [0.15, 0.2) is 24.3 Å². The van der Waals surface area contributed by atoms with Crippen LogP contribution in [0.25, 0.3) is 0 Å². The molecule has 0 saturated carbocycles. The van der Waals surface area contributed by atoms with Crippen LogP contribution in [0.3, 0.4) is 0 Å². The maximum atomic E-state index is 10.7. The Hall–Kier alpha value is -1.55. The molecule has 1 atom stereocenters. The first-order chi connectivity index (χ1) is 7.25. The first-order valence-electron chi connectivity index (χ1n) is 4.83. The highest BCUT2D eigenvalue weighted by atomic mass is 16.5. The lowest BCUT2D eigenvalue weighted by molar-refractivity contribution is 0.0696. The van der Waals surface area contributed by atoms with Gasteiger partial charge in [0.25, 0.3) is 0 Å². The fourth-order valence-corrected chi connectivity index (χ4v) is 1.50. The molecule has 2 rings (SSSR count). The second-order valence-electron chi connectivity index (χ2n) is 3.44. The lowest BCUT2D eigenvalue weighted by Gasteiger charge is -2.11. The van der Waals surface area contributed by atoms with E-state index in [9.17, 15) is 4.79 Å². The van der Waals surface area contributed by atoms with E-state index >= 15 is 0 Å². The molecule has 1 heterocycles. The number of hydrogen-bond donors (Lipinski definition) is 1. The highest BCUT2D eigenvalue weighted by Gasteiger charge is 2.17. The number of carbonyl (C=O) groups is 1. The molecule has 0 aromatic heterocycles. The van der Waals surface area contributed by atoms with Crippen molar-refractivity contribution in [1.29, 1.82) is 0 Å². The van der Waals surface area contributed by atoms with E-state index < -0.39 is 5.97 Å². The van der Waals surface area contributed by atoms with Crippen molar-refractivity contribution in [3.05, 3.63) is 29.8 Å². The van der Waals surface area contributed by atoms with Gasteiger partial charge in [-0.05, 0) is 18.2 Å². The molecule has 0 spiro atoms. The van der Waals surface area contributed by atoms with Gasteiger partial charge in [-0.1, -0.05) is 6.07 Å². The van der Waals surface area contributed by atoms with E-state index in [1.807, 2.05) is 0 Å². The van der Waals surface area contributed by atoms with Crippen LogP contribution in [0.4, 0.5) is 0 Å². The predicted molar refractivity (Wildman–Crippen MR) is 53.3 cm³/mol. The first-order valence-corrected chi connectivity index (χ1v) is 4.83. The molecule has 1 aliphatic rings. The molecule has 80 valence electrons. The molecule has 1 N–H and O–H groups in total. The summed E-state index contributed by atoms with van der Waals surface area (Å²) in [7, 11) is 0. The third-order valence-electron chi connectivity index (χ3n) is 2.27. The van der Waals surface area contributed by atoms with E-state index in [0.29, 0.717) is 19.0 Å². The van der Waals surface area contributed by atoms with E-state index in [0.717, 1.165) is 6.42 Å². The molecule has 0 aliphatic carbocycles. The zero-order valence-electron chi connectivity index (χ0n) is 8.18. The third kappa shape index (κ3) is 2.47. The van der Waals surface area contributed by atoms with Crippen LogP contribution in [-0.4, -0.2) is 30.4 Å². The molecule has 1 fully saturated rings. The summed E-state index contributed by atoms with van der Waals surface area (Å²) < 4.78 is 10.7. The molecule has 4 nitrogen and oxygen atoms in total. The molecular weight excluding hydrogens is 196 g/mol. The van der Waals surface area contributed by atoms with Gasteiger partial charge in [0.15, 0.2) is 0 Å². The van der Waals surface area contributed by atoms with Crippen LogP contribution in [-0.2, 0) is 4.74 Å². The van der Waals surface area contributed by atoms with E-state index in [4.69, 9.17) is 14.6 Å². The summed E-state index contributed by atoms with van der Waals surface area (Å²) >= 11 is 0. The number of rotatable bonds is 3. The van der Waals surface area contributed by atoms with Gasteiger partial charge in [-0.15, -0.1) is 0 Å². The van der Waals surface area contributed by atoms with E-state index in [1.165, 1.54) is 6.07 Å². The van der Waals surface area contributed by atoms with Gasteiger partial charge in [-0.2, -0.15) is 0 Å². The van der Waals surface area contributed by atoms with Crippen molar-refractivity contribution >= 4 is 5.97 Å². The summed E-state index contributed by atoms with van der Waals surface area (Å²) in [6, 6.07) is 6.50. The molecule has 0 radical (unpaired) electrons. The Kier molecular flexibility index (Phi) is 2.87. The Labute approximate surface area is 87.4 Å². The fraction of sp³-hybridized carbons (Fsp3) is 0.364. The van der Waals surface area contributed by atoms with Crippen molar-refractivity contribution in [2.45, 2.75) is 12.5 Å². The molecule has 1 aromatic rings. The van der Waals surface area contributed by atoms with E-state index in [1.54, 1.807) is 18.2 Å². The Morgan fingerprint density at radius 3 is 3.07 bits per heavy atom. The van der Waals surface area contributed by atoms with Crippen molar-refractivity contribution in [2.75, 3.05) is 13.2 Å². The zero-order valence-corrected chi connectivity index (χ0v) is 8.18. The van der Waals surface area contributed by atoms with Crippen molar-refractivity contribution in [1.82, 2.24) is 0 Å². The van der Waals surface area contributed by atoms with Gasteiger partial charge in [-0.25, -0.2) is 4.79 Å². The summed E-state index contributed by atoms with van der Waals surface area (Å²) in [5.41, 5.74) is 0.242. The quantitative estimate of drug-likeness (QED) is 0.818. The molecule has 0 unspecified atom stereocenters. The Morgan fingerprint density at radius 1 is 1.53 bits per heavy atom. The number of aromatic carboxylic acids is 1. The Balaban J connectivity index is 2.07. The van der Waals surface area contributed by atoms with Crippen LogP contribution < -0.4 is 4.74 Å². The minimum Gasteiger partial charge on any atom is -0.488 e. The van der Waals surface area contributed by atoms with E-state index in [2.05, 4.69) is 0 Å². The molecule has 0 bridgehead atoms. The number of carboxylic acids is 1. The van der Waals surface area contributed by atoms with Crippen LogP contribution >= 0.6 is 0 Å². The van der Waals surface area contributed by atoms with Gasteiger partial charge in [-0.3, -0.25) is 0 Å². The summed E-state index contributed by atoms with van der Waals surface area (Å²) in [5, 5.41) is 8.79. The molecule has 4 heteroatoms. The smallest absolute Gasteiger partial charge is 0.335 e. The van der Waals surface area contributed by atoms with Crippen LogP contribution in [0.1, 0.15) is 16.8 Å². The SMILES string of the molecule is O=C(O)c1cccc(O[C@@H]2CCOC2)c1. The summed E-state index contributed by atoms with van der Waals surface area (Å²) in [5.74, 6) is -0.353. The minimum atomic E-state index is -0.942. The van der Waals surface area contributed by atoms with Gasteiger partial charge in [0, 0.05) is 6.42 Å². The molecule has 1 aromatic carbocycles.